The highest BCUT2D eigenvalue weighted by molar-refractivity contribution is 5.96. The zero-order valence-electron chi connectivity index (χ0n) is 17.7. The lowest BCUT2D eigenvalue weighted by molar-refractivity contribution is 0.0697. The Morgan fingerprint density at radius 1 is 1.10 bits per heavy atom. The van der Waals surface area contributed by atoms with Gasteiger partial charge in [0.1, 0.15) is 11.8 Å². The summed E-state index contributed by atoms with van der Waals surface area (Å²) in [6, 6.07) is 18.9. The van der Waals surface area contributed by atoms with Gasteiger partial charge in [0, 0.05) is 6.61 Å². The molecule has 0 saturated carbocycles. The highest BCUT2D eigenvalue weighted by atomic mass is 16.5. The van der Waals surface area contributed by atoms with Crippen LogP contribution in [0.4, 0.5) is 0 Å². The number of imidazole rings is 1. The summed E-state index contributed by atoms with van der Waals surface area (Å²) in [7, 11) is 1.60. The zero-order chi connectivity index (χ0) is 22.0. The number of fused-ring (bicyclic) bond motifs is 1. The second kappa shape index (κ2) is 8.62. The average molecular weight is 416 g/mol. The molecule has 2 aromatic carbocycles. The van der Waals surface area contributed by atoms with Gasteiger partial charge in [0.05, 0.1) is 24.6 Å². The van der Waals surface area contributed by atoms with Gasteiger partial charge in [-0.1, -0.05) is 48.5 Å². The highest BCUT2D eigenvalue weighted by Gasteiger charge is 2.20. The van der Waals surface area contributed by atoms with E-state index in [-0.39, 0.29) is 11.7 Å². The Bertz CT molecular complexity index is 1230. The summed E-state index contributed by atoms with van der Waals surface area (Å²) in [4.78, 5) is 16.1. The SMILES string of the molecule is CCOC(c1ccc(-c2ccccc2C(=O)O)cc1)c1ccc(C)c2nc(OC)cn12. The molecule has 2 aromatic heterocycles. The van der Waals surface area contributed by atoms with Crippen molar-refractivity contribution in [2.24, 2.45) is 0 Å². The quantitative estimate of drug-likeness (QED) is 0.451. The maximum Gasteiger partial charge on any atom is 0.336 e. The number of hydrogen-bond acceptors (Lipinski definition) is 4. The van der Waals surface area contributed by atoms with Crippen LogP contribution in [-0.2, 0) is 4.74 Å². The Balaban J connectivity index is 1.77. The highest BCUT2D eigenvalue weighted by Crippen LogP contribution is 2.31. The number of aromatic carboxylic acids is 1. The molecule has 0 amide bonds. The summed E-state index contributed by atoms with van der Waals surface area (Å²) in [6.45, 7) is 4.51. The van der Waals surface area contributed by atoms with Crippen LogP contribution in [0.3, 0.4) is 0 Å². The monoisotopic (exact) mass is 416 g/mol. The lowest BCUT2D eigenvalue weighted by Crippen LogP contribution is -2.11. The Labute approximate surface area is 180 Å². The number of ether oxygens (including phenoxy) is 2. The topological polar surface area (TPSA) is 73.1 Å². The zero-order valence-corrected chi connectivity index (χ0v) is 17.7. The van der Waals surface area contributed by atoms with Crippen molar-refractivity contribution in [2.45, 2.75) is 20.0 Å². The van der Waals surface area contributed by atoms with E-state index >= 15 is 0 Å². The summed E-state index contributed by atoms with van der Waals surface area (Å²) in [6.07, 6.45) is 1.55. The molecule has 1 N–H and O–H groups in total. The fraction of sp³-hybridized carbons (Fsp3) is 0.200. The normalized spacial score (nSPS) is 12.1. The van der Waals surface area contributed by atoms with Gasteiger partial charge in [-0.15, -0.1) is 0 Å². The summed E-state index contributed by atoms with van der Waals surface area (Å²) < 4.78 is 13.5. The van der Waals surface area contributed by atoms with Crippen molar-refractivity contribution < 1.29 is 19.4 Å². The van der Waals surface area contributed by atoms with Crippen molar-refractivity contribution in [3.8, 4) is 17.0 Å². The molecule has 158 valence electrons. The van der Waals surface area contributed by atoms with Gasteiger partial charge < -0.3 is 14.6 Å². The third kappa shape index (κ3) is 3.90. The second-order valence-electron chi connectivity index (χ2n) is 7.23. The maximum absolute atomic E-state index is 11.6. The van der Waals surface area contributed by atoms with Gasteiger partial charge in [-0.25, -0.2) is 4.79 Å². The molecule has 0 saturated heterocycles. The fourth-order valence-corrected chi connectivity index (χ4v) is 3.79. The third-order valence-corrected chi connectivity index (χ3v) is 5.31. The molecular formula is C25H24N2O4. The van der Waals surface area contributed by atoms with E-state index in [0.717, 1.165) is 28.0 Å². The minimum absolute atomic E-state index is 0.280. The van der Waals surface area contributed by atoms with Gasteiger partial charge in [0.25, 0.3) is 0 Å². The van der Waals surface area contributed by atoms with Crippen molar-refractivity contribution in [3.05, 3.63) is 89.2 Å². The lowest BCUT2D eigenvalue weighted by Gasteiger charge is -2.20. The van der Waals surface area contributed by atoms with Crippen LogP contribution in [0.15, 0.2) is 66.9 Å². The van der Waals surface area contributed by atoms with Gasteiger partial charge in [-0.3, -0.25) is 4.40 Å². The van der Waals surface area contributed by atoms with Crippen molar-refractivity contribution in [1.82, 2.24) is 9.38 Å². The number of nitrogens with zero attached hydrogens (tertiary/aromatic N) is 2. The number of aromatic nitrogens is 2. The first-order valence-electron chi connectivity index (χ1n) is 10.1. The van der Waals surface area contributed by atoms with Crippen molar-refractivity contribution in [2.75, 3.05) is 13.7 Å². The average Bonchev–Trinajstić information content (AvgIpc) is 3.24. The van der Waals surface area contributed by atoms with E-state index in [0.29, 0.717) is 18.1 Å². The van der Waals surface area contributed by atoms with Gasteiger partial charge in [0.2, 0.25) is 5.88 Å². The Kier molecular flexibility index (Phi) is 5.73. The number of benzene rings is 2. The molecule has 1 atom stereocenters. The van der Waals surface area contributed by atoms with E-state index < -0.39 is 5.97 Å². The number of carboxylic acid groups (broad SMARTS) is 1. The van der Waals surface area contributed by atoms with Crippen molar-refractivity contribution in [3.63, 3.8) is 0 Å². The number of pyridine rings is 1. The number of carbonyl (C=O) groups is 1. The summed E-state index contributed by atoms with van der Waals surface area (Å²) in [5.74, 6) is -0.394. The van der Waals surface area contributed by atoms with E-state index in [2.05, 4.69) is 4.98 Å². The molecule has 6 heteroatoms. The predicted molar refractivity (Wildman–Crippen MR) is 119 cm³/mol. The minimum atomic E-state index is -0.942. The molecule has 1 unspecified atom stereocenters. The summed E-state index contributed by atoms with van der Waals surface area (Å²) in [5.41, 5.74) is 5.59. The van der Waals surface area contributed by atoms with E-state index in [1.165, 1.54) is 0 Å². The van der Waals surface area contributed by atoms with Crippen LogP contribution in [0, 0.1) is 6.92 Å². The van der Waals surface area contributed by atoms with Crippen LogP contribution in [0.5, 0.6) is 5.88 Å². The predicted octanol–water partition coefficient (Wildman–Crippen LogP) is 5.14. The molecule has 0 aliphatic rings. The van der Waals surface area contributed by atoms with Crippen molar-refractivity contribution >= 4 is 11.6 Å². The standard InChI is InChI=1S/C25H24N2O4/c1-4-31-23(21-14-9-16(2)24-26-22(30-3)15-27(21)24)18-12-10-17(11-13-18)19-7-5-6-8-20(19)25(28)29/h5-15,23H,4H2,1-3H3,(H,28,29). The number of hydrogen-bond donors (Lipinski definition) is 1. The molecule has 6 nitrogen and oxygen atoms in total. The molecule has 4 rings (SSSR count). The van der Waals surface area contributed by atoms with Crippen LogP contribution in [0.1, 0.15) is 40.2 Å². The molecule has 4 aromatic rings. The lowest BCUT2D eigenvalue weighted by atomic mass is 9.97. The molecule has 0 aliphatic heterocycles. The Hall–Kier alpha value is -3.64. The van der Waals surface area contributed by atoms with E-state index in [9.17, 15) is 9.90 Å². The molecule has 31 heavy (non-hydrogen) atoms. The van der Waals surface area contributed by atoms with E-state index in [4.69, 9.17) is 9.47 Å². The number of rotatable bonds is 7. The van der Waals surface area contributed by atoms with Gasteiger partial charge in [-0.2, -0.15) is 4.98 Å². The summed E-state index contributed by atoms with van der Waals surface area (Å²) in [5, 5.41) is 9.49. The van der Waals surface area contributed by atoms with Gasteiger partial charge in [-0.05, 0) is 48.2 Å². The van der Waals surface area contributed by atoms with E-state index in [1.54, 1.807) is 19.2 Å². The molecule has 0 fully saturated rings. The number of methoxy groups -OCH3 is 1. The van der Waals surface area contributed by atoms with Crippen LogP contribution in [-0.4, -0.2) is 34.2 Å². The van der Waals surface area contributed by atoms with Crippen LogP contribution in [0.2, 0.25) is 0 Å². The van der Waals surface area contributed by atoms with Gasteiger partial charge >= 0.3 is 5.97 Å². The largest absolute Gasteiger partial charge is 0.480 e. The molecule has 2 heterocycles. The van der Waals surface area contributed by atoms with Gasteiger partial charge in [0.15, 0.2) is 0 Å². The van der Waals surface area contributed by atoms with Crippen LogP contribution in [0.25, 0.3) is 16.8 Å². The Morgan fingerprint density at radius 2 is 1.84 bits per heavy atom. The first kappa shape index (κ1) is 20.6. The first-order valence-corrected chi connectivity index (χ1v) is 10.1. The van der Waals surface area contributed by atoms with Crippen LogP contribution >= 0.6 is 0 Å². The molecule has 0 spiro atoms. The first-order chi connectivity index (χ1) is 15.0. The molecular weight excluding hydrogens is 392 g/mol. The number of carboxylic acids is 1. The molecule has 0 radical (unpaired) electrons. The minimum Gasteiger partial charge on any atom is -0.480 e. The second-order valence-corrected chi connectivity index (χ2v) is 7.23. The van der Waals surface area contributed by atoms with E-state index in [1.807, 2.05) is 73.0 Å². The maximum atomic E-state index is 11.6. The molecule has 0 aliphatic carbocycles. The third-order valence-electron chi connectivity index (χ3n) is 5.31. The van der Waals surface area contributed by atoms with Crippen LogP contribution < -0.4 is 4.74 Å². The molecule has 0 bridgehead atoms. The number of aryl methyl sites for hydroxylation is 1. The van der Waals surface area contributed by atoms with Crippen molar-refractivity contribution in [1.29, 1.82) is 0 Å². The fourth-order valence-electron chi connectivity index (χ4n) is 3.79. The Morgan fingerprint density at radius 3 is 2.52 bits per heavy atom. The smallest absolute Gasteiger partial charge is 0.336 e. The summed E-state index contributed by atoms with van der Waals surface area (Å²) >= 11 is 0.